The van der Waals surface area contributed by atoms with Crippen molar-refractivity contribution in [1.82, 2.24) is 5.32 Å². The highest BCUT2D eigenvalue weighted by Crippen LogP contribution is 2.43. The molecule has 0 radical (unpaired) electrons. The number of ether oxygens (including phenoxy) is 2. The van der Waals surface area contributed by atoms with Crippen LogP contribution in [0.25, 0.3) is 0 Å². The maximum Gasteiger partial charge on any atom is 0.234 e. The van der Waals surface area contributed by atoms with Crippen molar-refractivity contribution in [3.8, 4) is 11.5 Å². The van der Waals surface area contributed by atoms with Crippen LogP contribution in [0.5, 0.6) is 11.5 Å². The zero-order chi connectivity index (χ0) is 21.8. The van der Waals surface area contributed by atoms with E-state index >= 15 is 0 Å². The first-order valence-electron chi connectivity index (χ1n) is 10.7. The first kappa shape index (κ1) is 21.6. The molecule has 2 aromatic rings. The van der Waals surface area contributed by atoms with Crippen LogP contribution in [-0.4, -0.2) is 36.0 Å². The van der Waals surface area contributed by atoms with Gasteiger partial charge in [0, 0.05) is 5.69 Å². The Balaban J connectivity index is 1.31. The minimum atomic E-state index is -0.331. The maximum absolute atomic E-state index is 12.8. The van der Waals surface area contributed by atoms with E-state index in [1.807, 2.05) is 56.3 Å². The number of rotatable bonds is 8. The number of aryl methyl sites for hydroxylation is 1. The summed E-state index contributed by atoms with van der Waals surface area (Å²) in [5.41, 5.74) is 2.94. The Morgan fingerprint density at radius 1 is 1.06 bits per heavy atom. The summed E-state index contributed by atoms with van der Waals surface area (Å²) in [6.45, 7) is 4.94. The van der Waals surface area contributed by atoms with Crippen molar-refractivity contribution >= 4 is 29.3 Å². The van der Waals surface area contributed by atoms with Gasteiger partial charge in [-0.25, -0.2) is 0 Å². The molecule has 2 aromatic carbocycles. The SMILES string of the molecule is Cc1ccc(NC(=O)CSC(C)C(=O)NC(c2ccc3c(c2)OCCO3)C2CC2)cc1. The average molecular weight is 441 g/mol. The van der Waals surface area contributed by atoms with Crippen LogP contribution in [-0.2, 0) is 9.59 Å². The second kappa shape index (κ2) is 9.64. The zero-order valence-electron chi connectivity index (χ0n) is 17.9. The summed E-state index contributed by atoms with van der Waals surface area (Å²) in [4.78, 5) is 25.1. The van der Waals surface area contributed by atoms with E-state index in [2.05, 4.69) is 10.6 Å². The number of amides is 2. The quantitative estimate of drug-likeness (QED) is 0.647. The predicted octanol–water partition coefficient (Wildman–Crippen LogP) is 4.09. The van der Waals surface area contributed by atoms with Gasteiger partial charge >= 0.3 is 0 Å². The van der Waals surface area contributed by atoms with E-state index in [0.717, 1.165) is 41.2 Å². The minimum absolute atomic E-state index is 0.0484. The lowest BCUT2D eigenvalue weighted by molar-refractivity contribution is -0.121. The summed E-state index contributed by atoms with van der Waals surface area (Å²) >= 11 is 1.34. The number of carbonyl (C=O) groups is 2. The Kier molecular flexibility index (Phi) is 6.70. The van der Waals surface area contributed by atoms with Crippen LogP contribution in [0.1, 0.15) is 36.9 Å². The first-order valence-corrected chi connectivity index (χ1v) is 11.7. The molecule has 2 aliphatic rings. The van der Waals surface area contributed by atoms with E-state index in [-0.39, 0.29) is 28.9 Å². The van der Waals surface area contributed by atoms with Crippen LogP contribution < -0.4 is 20.1 Å². The molecule has 0 aromatic heterocycles. The summed E-state index contributed by atoms with van der Waals surface area (Å²) in [5, 5.41) is 5.73. The third kappa shape index (κ3) is 5.73. The van der Waals surface area contributed by atoms with Crippen LogP contribution in [0.15, 0.2) is 42.5 Å². The van der Waals surface area contributed by atoms with Crippen molar-refractivity contribution in [2.45, 2.75) is 38.0 Å². The van der Waals surface area contributed by atoms with Crippen molar-refractivity contribution in [3.63, 3.8) is 0 Å². The molecule has 0 spiro atoms. The van der Waals surface area contributed by atoms with Gasteiger partial charge in [0.2, 0.25) is 11.8 Å². The number of fused-ring (bicyclic) bond motifs is 1. The van der Waals surface area contributed by atoms with E-state index in [1.54, 1.807) is 0 Å². The molecule has 2 unspecified atom stereocenters. The number of nitrogens with one attached hydrogen (secondary N) is 2. The lowest BCUT2D eigenvalue weighted by Gasteiger charge is -2.24. The van der Waals surface area contributed by atoms with Crippen LogP contribution in [0.2, 0.25) is 0 Å². The molecule has 6 nitrogen and oxygen atoms in total. The van der Waals surface area contributed by atoms with Gasteiger partial charge in [0.15, 0.2) is 11.5 Å². The smallest absolute Gasteiger partial charge is 0.234 e. The van der Waals surface area contributed by atoms with Crippen LogP contribution in [0.4, 0.5) is 5.69 Å². The molecule has 1 aliphatic heterocycles. The summed E-state index contributed by atoms with van der Waals surface area (Å²) in [6, 6.07) is 13.5. The Morgan fingerprint density at radius 2 is 1.77 bits per heavy atom. The molecule has 2 N–H and O–H groups in total. The van der Waals surface area contributed by atoms with Crippen LogP contribution in [0, 0.1) is 12.8 Å². The third-order valence-corrected chi connectivity index (χ3v) is 6.63. The van der Waals surface area contributed by atoms with E-state index in [9.17, 15) is 9.59 Å². The highest BCUT2D eigenvalue weighted by molar-refractivity contribution is 8.01. The molecule has 31 heavy (non-hydrogen) atoms. The van der Waals surface area contributed by atoms with Gasteiger partial charge in [-0.15, -0.1) is 11.8 Å². The Morgan fingerprint density at radius 3 is 2.48 bits per heavy atom. The van der Waals surface area contributed by atoms with Crippen molar-refractivity contribution in [3.05, 3.63) is 53.6 Å². The number of hydrogen-bond acceptors (Lipinski definition) is 5. The van der Waals surface area contributed by atoms with Gasteiger partial charge in [-0.05, 0) is 62.4 Å². The molecule has 1 heterocycles. The average Bonchev–Trinajstić information content (AvgIpc) is 3.62. The predicted molar refractivity (Wildman–Crippen MR) is 123 cm³/mol. The fourth-order valence-corrected chi connectivity index (χ4v) is 4.23. The number of carbonyl (C=O) groups excluding carboxylic acids is 2. The van der Waals surface area contributed by atoms with E-state index in [0.29, 0.717) is 19.1 Å². The van der Waals surface area contributed by atoms with E-state index in [1.165, 1.54) is 11.8 Å². The summed E-state index contributed by atoms with van der Waals surface area (Å²) in [6.07, 6.45) is 2.19. The van der Waals surface area contributed by atoms with Crippen LogP contribution in [0.3, 0.4) is 0 Å². The molecule has 0 saturated heterocycles. The van der Waals surface area contributed by atoms with Crippen molar-refractivity contribution in [2.24, 2.45) is 5.92 Å². The normalized spacial score (nSPS) is 16.8. The summed E-state index contributed by atoms with van der Waals surface area (Å²) < 4.78 is 11.3. The van der Waals surface area contributed by atoms with Crippen molar-refractivity contribution in [2.75, 3.05) is 24.3 Å². The fraction of sp³-hybridized carbons (Fsp3) is 0.417. The molecule has 4 rings (SSSR count). The van der Waals surface area contributed by atoms with Gasteiger partial charge in [0.05, 0.1) is 17.0 Å². The van der Waals surface area contributed by atoms with Gasteiger partial charge in [0.1, 0.15) is 13.2 Å². The molecule has 164 valence electrons. The fourth-order valence-electron chi connectivity index (χ4n) is 3.54. The lowest BCUT2D eigenvalue weighted by Crippen LogP contribution is -2.36. The highest BCUT2D eigenvalue weighted by atomic mass is 32.2. The maximum atomic E-state index is 12.8. The molecular weight excluding hydrogens is 412 g/mol. The third-order valence-electron chi connectivity index (χ3n) is 5.49. The molecular formula is C24H28N2O4S. The van der Waals surface area contributed by atoms with Crippen LogP contribution >= 0.6 is 11.8 Å². The zero-order valence-corrected chi connectivity index (χ0v) is 18.7. The lowest BCUT2D eigenvalue weighted by atomic mass is 10.0. The number of thioether (sulfide) groups is 1. The molecule has 1 saturated carbocycles. The van der Waals surface area contributed by atoms with Gasteiger partial charge in [-0.3, -0.25) is 9.59 Å². The standard InChI is InChI=1S/C24H28N2O4S/c1-15-3-8-19(9-4-15)25-22(27)14-31-16(2)24(28)26-23(17-5-6-17)18-7-10-20-21(13-18)30-12-11-29-20/h3-4,7-10,13,16-17,23H,5-6,11-12,14H2,1-2H3,(H,25,27)(H,26,28). The molecule has 2 atom stereocenters. The Hall–Kier alpha value is -2.67. The Bertz CT molecular complexity index is 943. The van der Waals surface area contributed by atoms with Gasteiger partial charge in [-0.1, -0.05) is 23.8 Å². The van der Waals surface area contributed by atoms with Gasteiger partial charge in [-0.2, -0.15) is 0 Å². The molecule has 0 bridgehead atoms. The van der Waals surface area contributed by atoms with E-state index < -0.39 is 0 Å². The largest absolute Gasteiger partial charge is 0.486 e. The highest BCUT2D eigenvalue weighted by Gasteiger charge is 2.35. The monoisotopic (exact) mass is 440 g/mol. The van der Waals surface area contributed by atoms with Crippen molar-refractivity contribution < 1.29 is 19.1 Å². The summed E-state index contributed by atoms with van der Waals surface area (Å²) in [7, 11) is 0. The second-order valence-electron chi connectivity index (χ2n) is 8.09. The van der Waals surface area contributed by atoms with Gasteiger partial charge < -0.3 is 20.1 Å². The van der Waals surface area contributed by atoms with Crippen molar-refractivity contribution in [1.29, 1.82) is 0 Å². The Labute approximate surface area is 187 Å². The van der Waals surface area contributed by atoms with Gasteiger partial charge in [0.25, 0.3) is 0 Å². The topological polar surface area (TPSA) is 76.7 Å². The van der Waals surface area contributed by atoms with E-state index in [4.69, 9.17) is 9.47 Å². The molecule has 7 heteroatoms. The minimum Gasteiger partial charge on any atom is -0.486 e. The first-order chi connectivity index (χ1) is 15.0. The second-order valence-corrected chi connectivity index (χ2v) is 9.42. The summed E-state index contributed by atoms with van der Waals surface area (Å²) in [5.74, 6) is 1.98. The number of benzene rings is 2. The molecule has 2 amide bonds. The molecule has 1 aliphatic carbocycles. The molecule has 1 fully saturated rings. The number of hydrogen-bond donors (Lipinski definition) is 2. The number of anilines is 1.